The van der Waals surface area contributed by atoms with E-state index in [4.69, 9.17) is 11.6 Å². The highest BCUT2D eigenvalue weighted by molar-refractivity contribution is 6.32. The van der Waals surface area contributed by atoms with Crippen LogP contribution in [0.1, 0.15) is 18.7 Å². The second-order valence-electron chi connectivity index (χ2n) is 3.79. The number of benzene rings is 1. The Morgan fingerprint density at radius 2 is 2.12 bits per heavy atom. The highest BCUT2D eigenvalue weighted by atomic mass is 35.5. The van der Waals surface area contributed by atoms with E-state index in [0.29, 0.717) is 5.02 Å². The lowest BCUT2D eigenvalue weighted by atomic mass is 10.2. The normalized spacial score (nSPS) is 12.1. The predicted molar refractivity (Wildman–Crippen MR) is 69.4 cm³/mol. The minimum atomic E-state index is 0.0804. The lowest BCUT2D eigenvalue weighted by Gasteiger charge is -2.15. The molecule has 0 aliphatic rings. The molecule has 1 atom stereocenters. The van der Waals surface area contributed by atoms with Gasteiger partial charge in [-0.25, -0.2) is 0 Å². The van der Waals surface area contributed by atoms with Gasteiger partial charge in [0.15, 0.2) is 0 Å². The average molecular weight is 249 g/mol. The van der Waals surface area contributed by atoms with Gasteiger partial charge in [0.25, 0.3) is 0 Å². The van der Waals surface area contributed by atoms with Gasteiger partial charge in [0, 0.05) is 11.9 Å². The molecule has 2 rings (SSSR count). The quantitative estimate of drug-likeness (QED) is 0.816. The Balaban J connectivity index is 2.13. The fourth-order valence-corrected chi connectivity index (χ4v) is 1.73. The van der Waals surface area contributed by atoms with E-state index in [1.54, 1.807) is 24.4 Å². The first-order valence-corrected chi connectivity index (χ1v) is 5.70. The van der Waals surface area contributed by atoms with Gasteiger partial charge in [-0.15, -0.1) is 0 Å². The molecule has 0 radical (unpaired) electrons. The molecule has 0 saturated heterocycles. The number of halogens is 1. The van der Waals surface area contributed by atoms with Crippen LogP contribution in [0.3, 0.4) is 0 Å². The molecule has 0 aliphatic heterocycles. The van der Waals surface area contributed by atoms with E-state index in [1.165, 1.54) is 0 Å². The van der Waals surface area contributed by atoms with Crippen LogP contribution in [0.25, 0.3) is 0 Å². The first-order valence-electron chi connectivity index (χ1n) is 5.33. The minimum absolute atomic E-state index is 0.0804. The molecule has 0 bridgehead atoms. The molecule has 0 aliphatic carbocycles. The zero-order valence-electron chi connectivity index (χ0n) is 9.39. The number of anilines is 1. The maximum absolute atomic E-state index is 9.32. The summed E-state index contributed by atoms with van der Waals surface area (Å²) in [6.07, 6.45) is 1.76. The van der Waals surface area contributed by atoms with Crippen molar-refractivity contribution in [1.82, 2.24) is 4.98 Å². The number of rotatable bonds is 3. The van der Waals surface area contributed by atoms with Crippen molar-refractivity contribution >= 4 is 17.3 Å². The van der Waals surface area contributed by atoms with Crippen LogP contribution in [-0.4, -0.2) is 10.1 Å². The minimum Gasteiger partial charge on any atom is -0.506 e. The van der Waals surface area contributed by atoms with Crippen molar-refractivity contribution in [2.24, 2.45) is 0 Å². The van der Waals surface area contributed by atoms with Crippen LogP contribution in [0.4, 0.5) is 5.69 Å². The lowest BCUT2D eigenvalue weighted by molar-refractivity contribution is 0.475. The Morgan fingerprint density at radius 1 is 1.29 bits per heavy atom. The number of nitrogens with zero attached hydrogens (tertiary/aromatic N) is 1. The summed E-state index contributed by atoms with van der Waals surface area (Å²) in [5.74, 6) is 0.0858. The predicted octanol–water partition coefficient (Wildman–Crippen LogP) is 3.61. The van der Waals surface area contributed by atoms with Crippen molar-refractivity contribution in [3.8, 4) is 5.75 Å². The van der Waals surface area contributed by atoms with Crippen molar-refractivity contribution in [2.45, 2.75) is 13.0 Å². The monoisotopic (exact) mass is 248 g/mol. The maximum Gasteiger partial charge on any atom is 0.134 e. The van der Waals surface area contributed by atoms with Crippen molar-refractivity contribution in [2.75, 3.05) is 5.32 Å². The van der Waals surface area contributed by atoms with E-state index in [2.05, 4.69) is 10.3 Å². The van der Waals surface area contributed by atoms with E-state index >= 15 is 0 Å². The molecule has 0 spiro atoms. The first kappa shape index (κ1) is 11.7. The molecule has 2 N–H and O–H groups in total. The molecule has 4 heteroatoms. The number of phenols is 1. The van der Waals surface area contributed by atoms with Crippen molar-refractivity contribution in [3.05, 3.63) is 53.3 Å². The van der Waals surface area contributed by atoms with Gasteiger partial charge in [-0.05, 0) is 37.3 Å². The number of phenolic OH excluding ortho intramolecular Hbond substituents is 1. The third-order valence-corrected chi connectivity index (χ3v) is 2.77. The van der Waals surface area contributed by atoms with Crippen LogP contribution in [0.5, 0.6) is 5.75 Å². The molecule has 88 valence electrons. The van der Waals surface area contributed by atoms with Crippen molar-refractivity contribution in [1.29, 1.82) is 0 Å². The third kappa shape index (κ3) is 2.88. The van der Waals surface area contributed by atoms with E-state index in [1.807, 2.05) is 25.1 Å². The Kier molecular flexibility index (Phi) is 3.49. The Bertz CT molecular complexity index is 502. The number of aromatic nitrogens is 1. The zero-order valence-corrected chi connectivity index (χ0v) is 10.1. The largest absolute Gasteiger partial charge is 0.506 e. The molecule has 17 heavy (non-hydrogen) atoms. The number of hydrogen-bond acceptors (Lipinski definition) is 3. The van der Waals surface area contributed by atoms with Gasteiger partial charge in [0.1, 0.15) is 5.75 Å². The van der Waals surface area contributed by atoms with Gasteiger partial charge in [-0.2, -0.15) is 0 Å². The fourth-order valence-electron chi connectivity index (χ4n) is 1.55. The van der Waals surface area contributed by atoms with Crippen molar-refractivity contribution < 1.29 is 5.11 Å². The van der Waals surface area contributed by atoms with E-state index < -0.39 is 0 Å². The standard InChI is InChI=1S/C13H13ClN2O/c1-9(12-4-2-3-7-15-12)16-10-5-6-13(17)11(14)8-10/h2-9,16-17H,1H3. The molecule has 1 heterocycles. The Labute approximate surface area is 105 Å². The number of aromatic hydroxyl groups is 1. The Morgan fingerprint density at radius 3 is 2.76 bits per heavy atom. The van der Waals surface area contributed by atoms with Crippen LogP contribution in [-0.2, 0) is 0 Å². The van der Waals surface area contributed by atoms with Crippen LogP contribution < -0.4 is 5.32 Å². The van der Waals surface area contributed by atoms with Gasteiger partial charge in [-0.3, -0.25) is 4.98 Å². The summed E-state index contributed by atoms with van der Waals surface area (Å²) >= 11 is 5.84. The molecule has 3 nitrogen and oxygen atoms in total. The molecule has 2 aromatic rings. The molecular formula is C13H13ClN2O. The van der Waals surface area contributed by atoms with E-state index in [0.717, 1.165) is 11.4 Å². The summed E-state index contributed by atoms with van der Waals surface area (Å²) in [5.41, 5.74) is 1.81. The van der Waals surface area contributed by atoms with E-state index in [-0.39, 0.29) is 11.8 Å². The topological polar surface area (TPSA) is 45.1 Å². The highest BCUT2D eigenvalue weighted by Crippen LogP contribution is 2.27. The van der Waals surface area contributed by atoms with Gasteiger partial charge in [0.05, 0.1) is 16.8 Å². The summed E-state index contributed by atoms with van der Waals surface area (Å²) in [7, 11) is 0. The fraction of sp³-hybridized carbons (Fsp3) is 0.154. The summed E-state index contributed by atoms with van der Waals surface area (Å²) in [6.45, 7) is 2.02. The SMILES string of the molecule is CC(Nc1ccc(O)c(Cl)c1)c1ccccn1. The van der Waals surface area contributed by atoms with Gasteiger partial charge in [0.2, 0.25) is 0 Å². The third-order valence-electron chi connectivity index (χ3n) is 2.46. The number of pyridine rings is 1. The number of nitrogens with one attached hydrogen (secondary N) is 1. The molecule has 0 saturated carbocycles. The van der Waals surface area contributed by atoms with Crippen molar-refractivity contribution in [3.63, 3.8) is 0 Å². The molecular weight excluding hydrogens is 236 g/mol. The summed E-state index contributed by atoms with van der Waals surface area (Å²) in [6, 6.07) is 10.9. The second kappa shape index (κ2) is 5.06. The second-order valence-corrected chi connectivity index (χ2v) is 4.19. The zero-order chi connectivity index (χ0) is 12.3. The Hall–Kier alpha value is -1.74. The first-order chi connectivity index (χ1) is 8.16. The average Bonchev–Trinajstić information content (AvgIpc) is 2.35. The highest BCUT2D eigenvalue weighted by Gasteiger charge is 2.07. The van der Waals surface area contributed by atoms with Crippen LogP contribution in [0.2, 0.25) is 5.02 Å². The van der Waals surface area contributed by atoms with Gasteiger partial charge < -0.3 is 10.4 Å². The lowest BCUT2D eigenvalue weighted by Crippen LogP contribution is -2.07. The van der Waals surface area contributed by atoms with Crippen LogP contribution >= 0.6 is 11.6 Å². The molecule has 1 aromatic heterocycles. The molecule has 0 amide bonds. The molecule has 1 aromatic carbocycles. The summed E-state index contributed by atoms with van der Waals surface area (Å²) < 4.78 is 0. The summed E-state index contributed by atoms with van der Waals surface area (Å²) in [5, 5.41) is 12.9. The van der Waals surface area contributed by atoms with E-state index in [9.17, 15) is 5.11 Å². The van der Waals surface area contributed by atoms with Gasteiger partial charge >= 0.3 is 0 Å². The molecule has 1 unspecified atom stereocenters. The smallest absolute Gasteiger partial charge is 0.134 e. The van der Waals surface area contributed by atoms with Crippen LogP contribution in [0.15, 0.2) is 42.6 Å². The summed E-state index contributed by atoms with van der Waals surface area (Å²) in [4.78, 5) is 4.27. The maximum atomic E-state index is 9.32. The van der Waals surface area contributed by atoms with Gasteiger partial charge in [-0.1, -0.05) is 17.7 Å². The van der Waals surface area contributed by atoms with Crippen LogP contribution in [0, 0.1) is 0 Å². The number of hydrogen-bond donors (Lipinski definition) is 2. The molecule has 0 fully saturated rings.